The van der Waals surface area contributed by atoms with Gasteiger partial charge in [-0.3, -0.25) is 4.79 Å². The van der Waals surface area contributed by atoms with Gasteiger partial charge < -0.3 is 10.1 Å². The molecule has 6 nitrogen and oxygen atoms in total. The van der Waals surface area contributed by atoms with E-state index in [0.29, 0.717) is 26.8 Å². The van der Waals surface area contributed by atoms with E-state index < -0.39 is 5.91 Å². The Balaban J connectivity index is 1.62. The molecule has 0 unspecified atom stereocenters. The molecule has 0 atom stereocenters. The molecule has 33 heavy (non-hydrogen) atoms. The van der Waals surface area contributed by atoms with Gasteiger partial charge in [0.2, 0.25) is 0 Å². The Kier molecular flexibility index (Phi) is 7.08. The number of halogens is 3. The Labute approximate surface area is 206 Å². The number of methoxy groups -OCH3 is 1. The van der Waals surface area contributed by atoms with Gasteiger partial charge in [-0.25, -0.2) is 0 Å². The van der Waals surface area contributed by atoms with Gasteiger partial charge in [-0.05, 0) is 54.8 Å². The van der Waals surface area contributed by atoms with Crippen LogP contribution in [0.2, 0.25) is 15.1 Å². The average Bonchev–Trinajstić information content (AvgIpc) is 3.20. The number of anilines is 1. The van der Waals surface area contributed by atoms with Crippen LogP contribution in [-0.4, -0.2) is 28.0 Å². The summed E-state index contributed by atoms with van der Waals surface area (Å²) in [5.74, 6) is -0.239. The number of unbranched alkanes of at least 4 members (excludes halogenated alkanes) is 1. The third kappa shape index (κ3) is 5.08. The number of ether oxygens (including phenoxy) is 1. The Morgan fingerprint density at radius 3 is 2.36 bits per heavy atom. The number of nitrogens with zero attached hydrogens (tertiary/aromatic N) is 3. The molecule has 1 aromatic heterocycles. The lowest BCUT2D eigenvalue weighted by Gasteiger charge is -2.12. The summed E-state index contributed by atoms with van der Waals surface area (Å²) in [6.07, 6.45) is 3.36. The van der Waals surface area contributed by atoms with E-state index in [4.69, 9.17) is 39.5 Å². The average molecular weight is 504 g/mol. The van der Waals surface area contributed by atoms with Crippen molar-refractivity contribution < 1.29 is 9.53 Å². The number of aromatic nitrogens is 3. The molecule has 0 radical (unpaired) electrons. The number of nitrogens with one attached hydrogen (secondary N) is 1. The normalized spacial score (nSPS) is 11.1. The minimum absolute atomic E-state index is 0.193. The van der Waals surface area contributed by atoms with Crippen LogP contribution in [0.25, 0.3) is 16.7 Å². The molecule has 4 rings (SSSR count). The summed E-state index contributed by atoms with van der Waals surface area (Å²) < 4.78 is 5.26. The third-order valence-electron chi connectivity index (χ3n) is 5.16. The van der Waals surface area contributed by atoms with E-state index in [2.05, 4.69) is 34.6 Å². The number of carbonyl (C=O) groups excluding carboxylic acids is 1. The number of benzene rings is 3. The van der Waals surface area contributed by atoms with Crippen LogP contribution in [0, 0.1) is 0 Å². The predicted octanol–water partition coefficient (Wildman–Crippen LogP) is 6.98. The highest BCUT2D eigenvalue weighted by Gasteiger charge is 2.19. The van der Waals surface area contributed by atoms with Gasteiger partial charge in [0, 0.05) is 5.02 Å². The highest BCUT2D eigenvalue weighted by Crippen LogP contribution is 2.34. The van der Waals surface area contributed by atoms with E-state index in [9.17, 15) is 4.79 Å². The monoisotopic (exact) mass is 502 g/mol. The number of aryl methyl sites for hydroxylation is 1. The molecule has 1 heterocycles. The molecular weight excluding hydrogens is 483 g/mol. The largest absolute Gasteiger partial charge is 0.494 e. The fourth-order valence-corrected chi connectivity index (χ4v) is 4.23. The van der Waals surface area contributed by atoms with Gasteiger partial charge in [0.15, 0.2) is 0 Å². The molecule has 0 aliphatic rings. The number of carbonyl (C=O) groups is 1. The van der Waals surface area contributed by atoms with Crippen LogP contribution in [0.1, 0.15) is 35.7 Å². The van der Waals surface area contributed by atoms with Crippen molar-refractivity contribution in [1.29, 1.82) is 0 Å². The van der Waals surface area contributed by atoms with E-state index in [-0.39, 0.29) is 16.3 Å². The Hall–Kier alpha value is -2.80. The SMILES string of the molecule is CCCCc1ccc(-n2nc3cc(Cl)c(NC(=O)c4cc(Cl)cc(Cl)c4OC)cc3n2)cc1. The smallest absolute Gasteiger partial charge is 0.259 e. The summed E-state index contributed by atoms with van der Waals surface area (Å²) in [6, 6.07) is 14.5. The predicted molar refractivity (Wildman–Crippen MR) is 133 cm³/mol. The molecule has 3 aromatic carbocycles. The van der Waals surface area contributed by atoms with E-state index in [1.54, 1.807) is 16.9 Å². The maximum Gasteiger partial charge on any atom is 0.259 e. The van der Waals surface area contributed by atoms with Gasteiger partial charge in [-0.1, -0.05) is 60.3 Å². The summed E-state index contributed by atoms with van der Waals surface area (Å²) in [4.78, 5) is 14.5. The minimum atomic E-state index is -0.465. The lowest BCUT2D eigenvalue weighted by atomic mass is 10.1. The van der Waals surface area contributed by atoms with Crippen LogP contribution >= 0.6 is 34.8 Å². The van der Waals surface area contributed by atoms with Crippen molar-refractivity contribution in [3.63, 3.8) is 0 Å². The molecule has 0 spiro atoms. The molecule has 0 aliphatic heterocycles. The van der Waals surface area contributed by atoms with E-state index in [1.165, 1.54) is 24.8 Å². The number of hydrogen-bond acceptors (Lipinski definition) is 4. The molecule has 1 amide bonds. The molecule has 0 saturated carbocycles. The maximum atomic E-state index is 12.9. The van der Waals surface area contributed by atoms with Crippen LogP contribution in [-0.2, 0) is 6.42 Å². The zero-order valence-corrected chi connectivity index (χ0v) is 20.3. The minimum Gasteiger partial charge on any atom is -0.494 e. The van der Waals surface area contributed by atoms with Crippen molar-refractivity contribution in [2.24, 2.45) is 0 Å². The van der Waals surface area contributed by atoms with Crippen LogP contribution in [0.5, 0.6) is 5.75 Å². The first kappa shape index (κ1) is 23.4. The molecular formula is C24H21Cl3N4O2. The van der Waals surface area contributed by atoms with Gasteiger partial charge >= 0.3 is 0 Å². The van der Waals surface area contributed by atoms with Crippen molar-refractivity contribution in [3.8, 4) is 11.4 Å². The highest BCUT2D eigenvalue weighted by molar-refractivity contribution is 6.37. The maximum absolute atomic E-state index is 12.9. The molecule has 0 aliphatic carbocycles. The van der Waals surface area contributed by atoms with Crippen molar-refractivity contribution in [3.05, 3.63) is 74.7 Å². The van der Waals surface area contributed by atoms with Gasteiger partial charge in [0.25, 0.3) is 5.91 Å². The molecule has 1 N–H and O–H groups in total. The first-order chi connectivity index (χ1) is 15.9. The second kappa shape index (κ2) is 10.00. The Morgan fingerprint density at radius 1 is 1.00 bits per heavy atom. The molecule has 0 bridgehead atoms. The van der Waals surface area contributed by atoms with Gasteiger partial charge in [0.05, 0.1) is 34.1 Å². The van der Waals surface area contributed by atoms with Gasteiger partial charge in [0.1, 0.15) is 16.8 Å². The first-order valence-corrected chi connectivity index (χ1v) is 11.5. The van der Waals surface area contributed by atoms with E-state index >= 15 is 0 Å². The number of hydrogen-bond donors (Lipinski definition) is 1. The summed E-state index contributed by atoms with van der Waals surface area (Å²) in [6.45, 7) is 2.18. The Bertz CT molecular complexity index is 1320. The summed E-state index contributed by atoms with van der Waals surface area (Å²) in [7, 11) is 1.43. The number of fused-ring (bicyclic) bond motifs is 1. The second-order valence-electron chi connectivity index (χ2n) is 7.50. The van der Waals surface area contributed by atoms with Crippen LogP contribution < -0.4 is 10.1 Å². The quantitative estimate of drug-likeness (QED) is 0.295. The van der Waals surface area contributed by atoms with E-state index in [0.717, 1.165) is 24.9 Å². The number of rotatable bonds is 7. The van der Waals surface area contributed by atoms with Crippen molar-refractivity contribution in [2.75, 3.05) is 12.4 Å². The second-order valence-corrected chi connectivity index (χ2v) is 8.75. The van der Waals surface area contributed by atoms with Crippen LogP contribution in [0.4, 0.5) is 5.69 Å². The molecule has 9 heteroatoms. The van der Waals surface area contributed by atoms with Gasteiger partial charge in [-0.2, -0.15) is 4.80 Å². The lowest BCUT2D eigenvalue weighted by molar-refractivity contribution is 0.102. The number of amides is 1. The van der Waals surface area contributed by atoms with Crippen LogP contribution in [0.15, 0.2) is 48.5 Å². The standard InChI is InChI=1S/C24H21Cl3N4O2/c1-3-4-5-14-6-8-16(9-7-14)31-29-21-12-18(26)20(13-22(21)30-31)28-24(32)17-10-15(25)11-19(27)23(17)33-2/h6-13H,3-5H2,1-2H3,(H,28,32). The summed E-state index contributed by atoms with van der Waals surface area (Å²) >= 11 is 18.6. The molecule has 0 fully saturated rings. The summed E-state index contributed by atoms with van der Waals surface area (Å²) in [5.41, 5.74) is 3.89. The summed E-state index contributed by atoms with van der Waals surface area (Å²) in [5, 5.41) is 12.7. The third-order valence-corrected chi connectivity index (χ3v) is 5.97. The van der Waals surface area contributed by atoms with Crippen LogP contribution in [0.3, 0.4) is 0 Å². The first-order valence-electron chi connectivity index (χ1n) is 10.4. The van der Waals surface area contributed by atoms with Gasteiger partial charge in [-0.15, -0.1) is 10.2 Å². The van der Waals surface area contributed by atoms with Crippen molar-refractivity contribution in [2.45, 2.75) is 26.2 Å². The lowest BCUT2D eigenvalue weighted by Crippen LogP contribution is -2.14. The highest BCUT2D eigenvalue weighted by atomic mass is 35.5. The molecule has 170 valence electrons. The molecule has 0 saturated heterocycles. The van der Waals surface area contributed by atoms with Crippen molar-refractivity contribution >= 4 is 57.4 Å². The fourth-order valence-electron chi connectivity index (χ4n) is 3.45. The zero-order valence-electron chi connectivity index (χ0n) is 18.0. The fraction of sp³-hybridized carbons (Fsp3) is 0.208. The van der Waals surface area contributed by atoms with Crippen molar-refractivity contribution in [1.82, 2.24) is 15.0 Å². The van der Waals surface area contributed by atoms with E-state index in [1.807, 2.05) is 12.1 Å². The zero-order chi connectivity index (χ0) is 23.5. The topological polar surface area (TPSA) is 69.0 Å². The molecule has 4 aromatic rings. The Morgan fingerprint density at radius 2 is 1.70 bits per heavy atom.